The summed E-state index contributed by atoms with van der Waals surface area (Å²) in [5.74, 6) is -0.260. The summed E-state index contributed by atoms with van der Waals surface area (Å²) in [6.45, 7) is 3.04. The summed E-state index contributed by atoms with van der Waals surface area (Å²) in [5.41, 5.74) is 7.04. The van der Waals surface area contributed by atoms with E-state index in [2.05, 4.69) is 0 Å². The van der Waals surface area contributed by atoms with Gasteiger partial charge in [-0.1, -0.05) is 6.07 Å². The zero-order chi connectivity index (χ0) is 11.7. The van der Waals surface area contributed by atoms with Crippen molar-refractivity contribution in [1.29, 1.82) is 0 Å². The number of nitrogens with two attached hydrogens (primary N) is 1. The number of anilines is 1. The first-order valence-electron chi connectivity index (χ1n) is 5.56. The minimum Gasteiger partial charge on any atom is -0.391 e. The smallest absolute Gasteiger partial charge is 0.146 e. The third-order valence-electron chi connectivity index (χ3n) is 3.00. The Kier molecular flexibility index (Phi) is 3.12. The molecular weight excluding hydrogens is 207 g/mol. The van der Waals surface area contributed by atoms with E-state index in [0.29, 0.717) is 25.2 Å². The van der Waals surface area contributed by atoms with Crippen molar-refractivity contribution in [3.63, 3.8) is 0 Å². The van der Waals surface area contributed by atoms with Gasteiger partial charge >= 0.3 is 0 Å². The molecule has 0 saturated carbocycles. The first-order chi connectivity index (χ1) is 7.58. The Hall–Kier alpha value is -1.13. The summed E-state index contributed by atoms with van der Waals surface area (Å²) < 4.78 is 13.8. The minimum absolute atomic E-state index is 0.160. The predicted molar refractivity (Wildman–Crippen MR) is 61.8 cm³/mol. The van der Waals surface area contributed by atoms with E-state index >= 15 is 0 Å². The van der Waals surface area contributed by atoms with E-state index in [1.54, 1.807) is 6.07 Å². The fourth-order valence-electron chi connectivity index (χ4n) is 2.02. The number of aliphatic hydroxyl groups excluding tert-OH is 1. The van der Waals surface area contributed by atoms with Gasteiger partial charge in [-0.2, -0.15) is 0 Å². The van der Waals surface area contributed by atoms with Gasteiger partial charge in [-0.05, 0) is 31.0 Å². The van der Waals surface area contributed by atoms with Crippen LogP contribution in [0.1, 0.15) is 24.9 Å². The molecule has 1 aromatic rings. The minimum atomic E-state index is -0.340. The number of halogens is 1. The molecular formula is C12H17FN2O. The average Bonchev–Trinajstić information content (AvgIpc) is 2.64. The summed E-state index contributed by atoms with van der Waals surface area (Å²) in [6, 6.07) is 4.90. The predicted octanol–water partition coefficient (Wildman–Crippen LogP) is 1.42. The molecule has 2 rings (SSSR count). The Bertz CT molecular complexity index is 381. The van der Waals surface area contributed by atoms with Crippen LogP contribution in [0.2, 0.25) is 0 Å². The Balaban J connectivity index is 2.22. The highest BCUT2D eigenvalue weighted by Gasteiger charge is 2.22. The van der Waals surface area contributed by atoms with Crippen LogP contribution >= 0.6 is 0 Å². The lowest BCUT2D eigenvalue weighted by Gasteiger charge is -2.19. The van der Waals surface area contributed by atoms with Gasteiger partial charge in [0.1, 0.15) is 5.82 Å². The van der Waals surface area contributed by atoms with Gasteiger partial charge in [0.2, 0.25) is 0 Å². The maximum atomic E-state index is 13.8. The highest BCUT2D eigenvalue weighted by molar-refractivity contribution is 5.50. The van der Waals surface area contributed by atoms with Crippen LogP contribution in [0.4, 0.5) is 10.1 Å². The van der Waals surface area contributed by atoms with Gasteiger partial charge in [0.25, 0.3) is 0 Å². The van der Waals surface area contributed by atoms with Gasteiger partial charge in [0.05, 0.1) is 11.8 Å². The molecule has 1 fully saturated rings. The third-order valence-corrected chi connectivity index (χ3v) is 3.00. The molecule has 0 bridgehead atoms. The highest BCUT2D eigenvalue weighted by atomic mass is 19.1. The van der Waals surface area contributed by atoms with Crippen molar-refractivity contribution >= 4 is 5.69 Å². The lowest BCUT2D eigenvalue weighted by Crippen LogP contribution is -2.22. The molecule has 0 aromatic heterocycles. The molecule has 0 spiro atoms. The van der Waals surface area contributed by atoms with E-state index in [-0.39, 0.29) is 18.0 Å². The fourth-order valence-corrected chi connectivity index (χ4v) is 2.02. The van der Waals surface area contributed by atoms with E-state index in [9.17, 15) is 9.50 Å². The van der Waals surface area contributed by atoms with Gasteiger partial charge < -0.3 is 15.7 Å². The largest absolute Gasteiger partial charge is 0.391 e. The van der Waals surface area contributed by atoms with Crippen molar-refractivity contribution in [2.24, 2.45) is 5.73 Å². The topological polar surface area (TPSA) is 49.5 Å². The molecule has 1 aliphatic rings. The van der Waals surface area contributed by atoms with E-state index in [0.717, 1.165) is 5.56 Å². The molecule has 16 heavy (non-hydrogen) atoms. The molecule has 0 amide bonds. The molecule has 0 radical (unpaired) electrons. The highest BCUT2D eigenvalue weighted by Crippen LogP contribution is 2.25. The quantitative estimate of drug-likeness (QED) is 0.798. The number of benzene rings is 1. The van der Waals surface area contributed by atoms with Crippen molar-refractivity contribution < 1.29 is 9.50 Å². The molecule has 0 aliphatic carbocycles. The Labute approximate surface area is 94.7 Å². The standard InChI is InChI=1S/C12H17FN2O/c1-8(14)9-2-3-12(11(13)6-9)15-5-4-10(16)7-15/h2-3,6,8,10,16H,4-5,7,14H2,1H3/t8-,10?/m0/s1. The molecule has 3 nitrogen and oxygen atoms in total. The van der Waals surface area contributed by atoms with Crippen LogP contribution in [0.15, 0.2) is 18.2 Å². The second kappa shape index (κ2) is 4.39. The third kappa shape index (κ3) is 2.18. The van der Waals surface area contributed by atoms with Gasteiger partial charge in [-0.15, -0.1) is 0 Å². The summed E-state index contributed by atoms with van der Waals surface area (Å²) >= 11 is 0. The zero-order valence-electron chi connectivity index (χ0n) is 9.36. The van der Waals surface area contributed by atoms with Crippen molar-refractivity contribution in [3.05, 3.63) is 29.6 Å². The van der Waals surface area contributed by atoms with Crippen LogP contribution in [-0.2, 0) is 0 Å². The van der Waals surface area contributed by atoms with Crippen molar-refractivity contribution in [3.8, 4) is 0 Å². The van der Waals surface area contributed by atoms with Gasteiger partial charge in [-0.3, -0.25) is 0 Å². The Morgan fingerprint density at radius 2 is 2.31 bits per heavy atom. The Morgan fingerprint density at radius 1 is 1.56 bits per heavy atom. The fraction of sp³-hybridized carbons (Fsp3) is 0.500. The SMILES string of the molecule is C[C@H](N)c1ccc(N2CCC(O)C2)c(F)c1. The van der Waals surface area contributed by atoms with Crippen LogP contribution in [0.25, 0.3) is 0 Å². The number of aliphatic hydroxyl groups is 1. The van der Waals surface area contributed by atoms with Crippen LogP contribution < -0.4 is 10.6 Å². The number of hydrogen-bond acceptors (Lipinski definition) is 3. The molecule has 4 heteroatoms. The normalized spacial score (nSPS) is 22.5. The Morgan fingerprint density at radius 3 is 2.81 bits per heavy atom. The van der Waals surface area contributed by atoms with E-state index in [1.165, 1.54) is 6.07 Å². The molecule has 1 heterocycles. The summed E-state index contributed by atoms with van der Waals surface area (Å²) in [4.78, 5) is 1.87. The molecule has 88 valence electrons. The number of nitrogens with zero attached hydrogens (tertiary/aromatic N) is 1. The molecule has 1 aromatic carbocycles. The van der Waals surface area contributed by atoms with Gasteiger partial charge in [-0.25, -0.2) is 4.39 Å². The van der Waals surface area contributed by atoms with Crippen molar-refractivity contribution in [1.82, 2.24) is 0 Å². The van der Waals surface area contributed by atoms with E-state index < -0.39 is 0 Å². The number of hydrogen-bond donors (Lipinski definition) is 2. The van der Waals surface area contributed by atoms with Crippen LogP contribution in [0.5, 0.6) is 0 Å². The second-order valence-corrected chi connectivity index (χ2v) is 4.39. The maximum Gasteiger partial charge on any atom is 0.146 e. The lowest BCUT2D eigenvalue weighted by atomic mass is 10.1. The molecule has 2 atom stereocenters. The van der Waals surface area contributed by atoms with E-state index in [1.807, 2.05) is 17.9 Å². The molecule has 1 unspecified atom stereocenters. The molecule has 1 aliphatic heterocycles. The zero-order valence-corrected chi connectivity index (χ0v) is 9.36. The second-order valence-electron chi connectivity index (χ2n) is 4.39. The van der Waals surface area contributed by atoms with Crippen LogP contribution in [0, 0.1) is 5.82 Å². The summed E-state index contributed by atoms with van der Waals surface area (Å²) in [6.07, 6.45) is 0.363. The average molecular weight is 224 g/mol. The first-order valence-corrected chi connectivity index (χ1v) is 5.56. The molecule has 3 N–H and O–H groups in total. The van der Waals surface area contributed by atoms with Gasteiger partial charge in [0.15, 0.2) is 0 Å². The van der Waals surface area contributed by atoms with Crippen molar-refractivity contribution in [2.45, 2.75) is 25.5 Å². The van der Waals surface area contributed by atoms with Gasteiger partial charge in [0, 0.05) is 19.1 Å². The molecule has 1 saturated heterocycles. The number of rotatable bonds is 2. The summed E-state index contributed by atoms with van der Waals surface area (Å²) in [5, 5.41) is 9.41. The van der Waals surface area contributed by atoms with Crippen LogP contribution in [0.3, 0.4) is 0 Å². The van der Waals surface area contributed by atoms with Crippen molar-refractivity contribution in [2.75, 3.05) is 18.0 Å². The monoisotopic (exact) mass is 224 g/mol. The van der Waals surface area contributed by atoms with E-state index in [4.69, 9.17) is 5.73 Å². The number of β-amino-alcohol motifs (C(OH)–C–C–N with tert-alkyl or cyclic N) is 1. The summed E-state index contributed by atoms with van der Waals surface area (Å²) in [7, 11) is 0. The lowest BCUT2D eigenvalue weighted by molar-refractivity contribution is 0.198. The first kappa shape index (κ1) is 11.4. The maximum absolute atomic E-state index is 13.8. The van der Waals surface area contributed by atoms with Crippen LogP contribution in [-0.4, -0.2) is 24.3 Å².